The fourth-order valence-corrected chi connectivity index (χ4v) is 2.28. The minimum atomic E-state index is -0.0497. The number of nitrogens with one attached hydrogen (secondary N) is 1. The van der Waals surface area contributed by atoms with Gasteiger partial charge in [0.2, 0.25) is 0 Å². The third-order valence-electron chi connectivity index (χ3n) is 3.17. The lowest BCUT2D eigenvalue weighted by Crippen LogP contribution is -2.29. The number of fused-ring (bicyclic) bond motifs is 1. The molecule has 0 bridgehead atoms. The van der Waals surface area contributed by atoms with Crippen LogP contribution in [0.3, 0.4) is 0 Å². The summed E-state index contributed by atoms with van der Waals surface area (Å²) < 4.78 is 0. The predicted molar refractivity (Wildman–Crippen MR) is 64.8 cm³/mol. The summed E-state index contributed by atoms with van der Waals surface area (Å²) in [5.74, 6) is 2.26. The summed E-state index contributed by atoms with van der Waals surface area (Å²) in [6, 6.07) is 0. The Bertz CT molecular complexity index is 417. The number of nitrogens with zero attached hydrogens (tertiary/aromatic N) is 2. The Kier molecular flexibility index (Phi) is 2.99. The van der Waals surface area contributed by atoms with Gasteiger partial charge in [-0.15, -0.1) is 0 Å². The molecule has 1 saturated heterocycles. The highest BCUT2D eigenvalue weighted by molar-refractivity contribution is 5.39. The summed E-state index contributed by atoms with van der Waals surface area (Å²) in [6.07, 6.45) is 3.07. The minimum absolute atomic E-state index is 0.0497. The Hall–Kier alpha value is -1.32. The molecule has 1 saturated carbocycles. The average Bonchev–Trinajstić information content (AvgIpc) is 2.89. The molecular weight excluding hydrogens is 202 g/mol. The molecule has 1 N–H and O–H groups in total. The van der Waals surface area contributed by atoms with E-state index in [1.165, 1.54) is 6.42 Å². The van der Waals surface area contributed by atoms with E-state index >= 15 is 0 Å². The fraction of sp³-hybridized carbons (Fsp3) is 0.667. The number of piperidine rings is 1. The van der Waals surface area contributed by atoms with Crippen LogP contribution < -0.4 is 10.5 Å². The molecule has 88 valence electrons. The van der Waals surface area contributed by atoms with E-state index < -0.39 is 0 Å². The molecule has 0 aromatic carbocycles. The lowest BCUT2D eigenvalue weighted by atomic mass is 10.4. The molecule has 4 heteroatoms. The minimum Gasteiger partial charge on any atom is -0.351 e. The zero-order chi connectivity index (χ0) is 11.7. The van der Waals surface area contributed by atoms with Gasteiger partial charge in [-0.05, 0) is 25.2 Å². The van der Waals surface area contributed by atoms with Gasteiger partial charge in [-0.2, -0.15) is 0 Å². The second kappa shape index (κ2) is 4.28. The van der Waals surface area contributed by atoms with Gasteiger partial charge in [0, 0.05) is 25.0 Å². The van der Waals surface area contributed by atoms with Crippen molar-refractivity contribution in [2.45, 2.75) is 27.2 Å². The monoisotopic (exact) mass is 221 g/mol. The number of rotatable bonds is 1. The quantitative estimate of drug-likeness (QED) is 0.783. The lowest BCUT2D eigenvalue weighted by Gasteiger charge is -2.17. The molecule has 0 radical (unpaired) electrons. The van der Waals surface area contributed by atoms with Crippen molar-refractivity contribution in [3.05, 3.63) is 22.2 Å². The molecule has 2 aliphatic rings. The summed E-state index contributed by atoms with van der Waals surface area (Å²) in [6.45, 7) is 7.88. The Labute approximate surface area is 95.7 Å². The fourth-order valence-electron chi connectivity index (χ4n) is 2.28. The summed E-state index contributed by atoms with van der Waals surface area (Å²) >= 11 is 0. The molecule has 0 spiro atoms. The first-order chi connectivity index (χ1) is 7.74. The third kappa shape index (κ3) is 1.96. The molecule has 1 aliphatic heterocycles. The van der Waals surface area contributed by atoms with Gasteiger partial charge in [-0.1, -0.05) is 13.8 Å². The zero-order valence-electron chi connectivity index (χ0n) is 10.2. The molecule has 1 aromatic heterocycles. The normalized spacial score (nSPS) is 25.8. The Morgan fingerprint density at radius 1 is 1.38 bits per heavy atom. The van der Waals surface area contributed by atoms with Crippen LogP contribution in [0.4, 0.5) is 5.82 Å². The first-order valence-corrected chi connectivity index (χ1v) is 6.05. The molecule has 2 fully saturated rings. The van der Waals surface area contributed by atoms with Crippen LogP contribution in [0.25, 0.3) is 0 Å². The highest BCUT2D eigenvalue weighted by atomic mass is 16.1. The molecule has 4 nitrogen and oxygen atoms in total. The van der Waals surface area contributed by atoms with Crippen LogP contribution in [0.5, 0.6) is 0 Å². The van der Waals surface area contributed by atoms with Crippen LogP contribution in [-0.4, -0.2) is 23.1 Å². The Balaban J connectivity index is 0.000000457. The van der Waals surface area contributed by atoms with Crippen molar-refractivity contribution in [2.24, 2.45) is 11.8 Å². The number of aromatic amines is 1. The first-order valence-electron chi connectivity index (χ1n) is 6.05. The molecule has 2 heterocycles. The predicted octanol–water partition coefficient (Wildman–Crippen LogP) is 1.56. The number of aromatic nitrogens is 2. The zero-order valence-corrected chi connectivity index (χ0v) is 10.2. The third-order valence-corrected chi connectivity index (χ3v) is 3.17. The van der Waals surface area contributed by atoms with Gasteiger partial charge in [-0.25, -0.2) is 4.98 Å². The van der Waals surface area contributed by atoms with Crippen molar-refractivity contribution < 1.29 is 0 Å². The van der Waals surface area contributed by atoms with Crippen molar-refractivity contribution in [3.63, 3.8) is 0 Å². The van der Waals surface area contributed by atoms with E-state index in [-0.39, 0.29) is 5.56 Å². The van der Waals surface area contributed by atoms with Crippen LogP contribution in [0.15, 0.2) is 11.0 Å². The van der Waals surface area contributed by atoms with Gasteiger partial charge in [0.25, 0.3) is 5.56 Å². The van der Waals surface area contributed by atoms with Crippen LogP contribution >= 0.6 is 0 Å². The van der Waals surface area contributed by atoms with Gasteiger partial charge in [0.1, 0.15) is 0 Å². The molecule has 1 aliphatic carbocycles. The van der Waals surface area contributed by atoms with Crippen LogP contribution in [0.1, 0.15) is 26.0 Å². The van der Waals surface area contributed by atoms with E-state index in [1.807, 2.05) is 20.8 Å². The summed E-state index contributed by atoms with van der Waals surface area (Å²) in [5.41, 5.74) is 0.773. The number of aryl methyl sites for hydroxylation is 1. The van der Waals surface area contributed by atoms with E-state index in [4.69, 9.17) is 0 Å². The van der Waals surface area contributed by atoms with Crippen molar-refractivity contribution >= 4 is 5.82 Å². The second-order valence-electron chi connectivity index (χ2n) is 4.38. The highest BCUT2D eigenvalue weighted by Crippen LogP contribution is 2.45. The Morgan fingerprint density at radius 3 is 2.56 bits per heavy atom. The largest absolute Gasteiger partial charge is 0.351 e. The van der Waals surface area contributed by atoms with Gasteiger partial charge < -0.3 is 9.88 Å². The molecule has 1 aromatic rings. The topological polar surface area (TPSA) is 49.0 Å². The molecule has 16 heavy (non-hydrogen) atoms. The van der Waals surface area contributed by atoms with Crippen molar-refractivity contribution in [2.75, 3.05) is 18.0 Å². The smallest absolute Gasteiger partial charge is 0.291 e. The van der Waals surface area contributed by atoms with Crippen LogP contribution in [0, 0.1) is 18.8 Å². The first kappa shape index (κ1) is 11.2. The number of hydrogen-bond donors (Lipinski definition) is 1. The maximum absolute atomic E-state index is 11.6. The number of anilines is 1. The standard InChI is InChI=1S/C10H13N3O.C2H6/c1-6-3-11-9(10(14)12-6)13-4-7-2-8(7)5-13;1-2/h3,7-8H,2,4-5H2,1H3,(H,12,14);1-2H3. The van der Waals surface area contributed by atoms with E-state index in [9.17, 15) is 4.79 Å². The SMILES string of the molecule is CC.Cc1cnc(N2CC3CC3C2)c(=O)[nH]1. The molecule has 2 atom stereocenters. The maximum Gasteiger partial charge on any atom is 0.291 e. The summed E-state index contributed by atoms with van der Waals surface area (Å²) in [7, 11) is 0. The number of H-pyrrole nitrogens is 1. The van der Waals surface area contributed by atoms with Crippen LogP contribution in [-0.2, 0) is 0 Å². The van der Waals surface area contributed by atoms with E-state index in [2.05, 4.69) is 14.9 Å². The lowest BCUT2D eigenvalue weighted by molar-refractivity contribution is 0.793. The van der Waals surface area contributed by atoms with Crippen molar-refractivity contribution in [1.82, 2.24) is 9.97 Å². The summed E-state index contributed by atoms with van der Waals surface area (Å²) in [4.78, 5) is 20.7. The molecule has 3 rings (SSSR count). The Morgan fingerprint density at radius 2 is 2.00 bits per heavy atom. The van der Waals surface area contributed by atoms with Gasteiger partial charge >= 0.3 is 0 Å². The second-order valence-corrected chi connectivity index (χ2v) is 4.38. The maximum atomic E-state index is 11.6. The average molecular weight is 221 g/mol. The van der Waals surface area contributed by atoms with Crippen LogP contribution in [0.2, 0.25) is 0 Å². The van der Waals surface area contributed by atoms with E-state index in [1.54, 1.807) is 6.20 Å². The van der Waals surface area contributed by atoms with Gasteiger partial charge in [0.15, 0.2) is 5.82 Å². The molecular formula is C12H19N3O. The summed E-state index contributed by atoms with van der Waals surface area (Å²) in [5, 5.41) is 0. The van der Waals surface area contributed by atoms with Crippen molar-refractivity contribution in [1.29, 1.82) is 0 Å². The van der Waals surface area contributed by atoms with E-state index in [0.717, 1.165) is 30.6 Å². The van der Waals surface area contributed by atoms with E-state index in [0.29, 0.717) is 5.82 Å². The van der Waals surface area contributed by atoms with Crippen molar-refractivity contribution in [3.8, 4) is 0 Å². The highest BCUT2D eigenvalue weighted by Gasteiger charge is 2.45. The number of hydrogen-bond acceptors (Lipinski definition) is 3. The van der Waals surface area contributed by atoms with Gasteiger partial charge in [-0.3, -0.25) is 4.79 Å². The molecule has 2 unspecified atom stereocenters. The molecule has 0 amide bonds. The van der Waals surface area contributed by atoms with Gasteiger partial charge in [0.05, 0.1) is 0 Å².